The fourth-order valence-corrected chi connectivity index (χ4v) is 3.34. The van der Waals surface area contributed by atoms with E-state index in [1.807, 2.05) is 30.3 Å². The van der Waals surface area contributed by atoms with Crippen molar-refractivity contribution in [2.75, 3.05) is 6.61 Å². The van der Waals surface area contributed by atoms with Crippen molar-refractivity contribution in [3.63, 3.8) is 0 Å². The molecule has 1 saturated heterocycles. The lowest BCUT2D eigenvalue weighted by molar-refractivity contribution is -0.117. The summed E-state index contributed by atoms with van der Waals surface area (Å²) in [5.74, 6) is -0.414. The molecule has 1 fully saturated rings. The second kappa shape index (κ2) is 6.89. The van der Waals surface area contributed by atoms with E-state index in [1.54, 1.807) is 4.68 Å². The normalized spacial score (nSPS) is 19.2. The molecule has 0 radical (unpaired) electrons. The highest BCUT2D eigenvalue weighted by atomic mass is 32.2. The molecular formula is C14H17N5O2S. The van der Waals surface area contributed by atoms with Gasteiger partial charge in [0.25, 0.3) is 0 Å². The molecule has 1 aromatic carbocycles. The minimum atomic E-state index is -0.518. The summed E-state index contributed by atoms with van der Waals surface area (Å²) in [4.78, 5) is 11.8. The molecule has 0 saturated carbocycles. The molecule has 0 unspecified atom stereocenters. The Kier molecular flexibility index (Phi) is 4.69. The number of rotatable bonds is 6. The van der Waals surface area contributed by atoms with Crippen molar-refractivity contribution in [3.05, 3.63) is 35.9 Å². The molecular weight excluding hydrogens is 302 g/mol. The molecule has 0 bridgehead atoms. The van der Waals surface area contributed by atoms with Gasteiger partial charge in [-0.15, -0.1) is 5.10 Å². The Morgan fingerprint density at radius 2 is 2.27 bits per heavy atom. The summed E-state index contributed by atoms with van der Waals surface area (Å²) in [5.41, 5.74) is 6.38. The zero-order valence-corrected chi connectivity index (χ0v) is 12.8. The smallest absolute Gasteiger partial charge is 0.235 e. The molecule has 3 rings (SSSR count). The van der Waals surface area contributed by atoms with E-state index in [1.165, 1.54) is 11.8 Å². The summed E-state index contributed by atoms with van der Waals surface area (Å²) < 4.78 is 7.28. The zero-order chi connectivity index (χ0) is 15.4. The minimum absolute atomic E-state index is 0.131. The molecule has 1 aliphatic heterocycles. The fraction of sp³-hybridized carbons (Fsp3) is 0.429. The molecule has 8 heteroatoms. The maximum Gasteiger partial charge on any atom is 0.235 e. The second-order valence-corrected chi connectivity index (χ2v) is 6.16. The molecule has 116 valence electrons. The van der Waals surface area contributed by atoms with E-state index in [4.69, 9.17) is 10.5 Å². The number of carbonyl (C=O) groups is 1. The lowest BCUT2D eigenvalue weighted by Crippen LogP contribution is -2.21. The van der Waals surface area contributed by atoms with Crippen molar-refractivity contribution in [2.24, 2.45) is 5.73 Å². The van der Waals surface area contributed by atoms with Gasteiger partial charge in [-0.3, -0.25) is 4.79 Å². The number of thioether (sulfide) groups is 1. The van der Waals surface area contributed by atoms with Crippen LogP contribution in [0.4, 0.5) is 0 Å². The Hall–Kier alpha value is -1.93. The van der Waals surface area contributed by atoms with E-state index < -0.39 is 11.2 Å². The van der Waals surface area contributed by atoms with Gasteiger partial charge in [0.2, 0.25) is 11.1 Å². The Morgan fingerprint density at radius 1 is 1.45 bits per heavy atom. The van der Waals surface area contributed by atoms with Crippen LogP contribution in [-0.2, 0) is 16.1 Å². The van der Waals surface area contributed by atoms with E-state index in [9.17, 15) is 4.79 Å². The number of amides is 1. The first kappa shape index (κ1) is 15.0. The standard InChI is InChI=1S/C14H17N5O2S/c15-13(20)12(10-5-2-1-3-6-10)22-14-16-17-18-19(14)9-11-7-4-8-21-11/h1-3,5-6,11-12H,4,7-9H2,(H2,15,20)/t11-,12-/m1/s1. The SMILES string of the molecule is NC(=O)[C@H](Sc1nnnn1C[C@H]1CCCO1)c1ccccc1. The van der Waals surface area contributed by atoms with Crippen molar-refractivity contribution in [3.8, 4) is 0 Å². The Balaban J connectivity index is 1.76. The second-order valence-electron chi connectivity index (χ2n) is 5.09. The summed E-state index contributed by atoms with van der Waals surface area (Å²) in [5, 5.41) is 11.8. The van der Waals surface area contributed by atoms with Gasteiger partial charge in [-0.05, 0) is 28.8 Å². The number of nitrogens with two attached hydrogens (primary N) is 1. The topological polar surface area (TPSA) is 95.9 Å². The summed E-state index contributed by atoms with van der Waals surface area (Å²) in [6.07, 6.45) is 2.19. The van der Waals surface area contributed by atoms with Crippen LogP contribution in [0.2, 0.25) is 0 Å². The van der Waals surface area contributed by atoms with Crippen molar-refractivity contribution >= 4 is 17.7 Å². The Morgan fingerprint density at radius 3 is 2.95 bits per heavy atom. The van der Waals surface area contributed by atoms with Crippen molar-refractivity contribution < 1.29 is 9.53 Å². The fourth-order valence-electron chi connectivity index (χ4n) is 2.40. The highest BCUT2D eigenvalue weighted by molar-refractivity contribution is 8.00. The molecule has 22 heavy (non-hydrogen) atoms. The summed E-state index contributed by atoms with van der Waals surface area (Å²) in [6, 6.07) is 9.39. The third-order valence-electron chi connectivity index (χ3n) is 3.48. The average Bonchev–Trinajstić information content (AvgIpc) is 3.18. The molecule has 2 aromatic rings. The summed E-state index contributed by atoms with van der Waals surface area (Å²) in [6.45, 7) is 1.37. The zero-order valence-electron chi connectivity index (χ0n) is 12.0. The molecule has 1 amide bonds. The van der Waals surface area contributed by atoms with E-state index in [0.29, 0.717) is 11.7 Å². The first-order valence-corrected chi connectivity index (χ1v) is 8.00. The van der Waals surface area contributed by atoms with Crippen molar-refractivity contribution in [1.82, 2.24) is 20.2 Å². The first-order valence-electron chi connectivity index (χ1n) is 7.12. The first-order chi connectivity index (χ1) is 10.7. The van der Waals surface area contributed by atoms with Gasteiger partial charge in [0.15, 0.2) is 0 Å². The number of carbonyl (C=O) groups excluding carboxylic acids is 1. The minimum Gasteiger partial charge on any atom is -0.376 e. The van der Waals surface area contributed by atoms with Crippen LogP contribution in [-0.4, -0.2) is 38.8 Å². The predicted octanol–water partition coefficient (Wildman–Crippen LogP) is 1.17. The Labute approximate surface area is 132 Å². The van der Waals surface area contributed by atoms with Gasteiger partial charge in [0.05, 0.1) is 12.6 Å². The molecule has 2 N–H and O–H groups in total. The predicted molar refractivity (Wildman–Crippen MR) is 81.0 cm³/mol. The lowest BCUT2D eigenvalue weighted by atomic mass is 10.1. The number of hydrogen-bond donors (Lipinski definition) is 1. The molecule has 2 heterocycles. The lowest BCUT2D eigenvalue weighted by Gasteiger charge is -2.14. The highest BCUT2D eigenvalue weighted by Gasteiger charge is 2.24. The summed E-state index contributed by atoms with van der Waals surface area (Å²) in [7, 11) is 0. The van der Waals surface area contributed by atoms with E-state index >= 15 is 0 Å². The van der Waals surface area contributed by atoms with Gasteiger partial charge in [-0.1, -0.05) is 42.1 Å². The van der Waals surface area contributed by atoms with Gasteiger partial charge < -0.3 is 10.5 Å². The van der Waals surface area contributed by atoms with Gasteiger partial charge >= 0.3 is 0 Å². The molecule has 0 aliphatic carbocycles. The van der Waals surface area contributed by atoms with Gasteiger partial charge in [0, 0.05) is 6.61 Å². The third-order valence-corrected chi connectivity index (χ3v) is 4.73. The van der Waals surface area contributed by atoms with Gasteiger partial charge in [-0.25, -0.2) is 4.68 Å². The van der Waals surface area contributed by atoms with Crippen LogP contribution in [0.25, 0.3) is 0 Å². The molecule has 1 aromatic heterocycles. The number of nitrogens with zero attached hydrogens (tertiary/aromatic N) is 4. The van der Waals surface area contributed by atoms with Crippen LogP contribution in [0, 0.1) is 0 Å². The Bertz CT molecular complexity index is 627. The largest absolute Gasteiger partial charge is 0.376 e. The van der Waals surface area contributed by atoms with Gasteiger partial charge in [-0.2, -0.15) is 0 Å². The van der Waals surface area contributed by atoms with Crippen molar-refractivity contribution in [2.45, 2.75) is 35.9 Å². The van der Waals surface area contributed by atoms with Crippen LogP contribution in [0.5, 0.6) is 0 Å². The molecule has 1 aliphatic rings. The van der Waals surface area contributed by atoms with E-state index in [-0.39, 0.29) is 6.10 Å². The quantitative estimate of drug-likeness (QED) is 0.803. The number of primary amides is 1. The van der Waals surface area contributed by atoms with E-state index in [0.717, 1.165) is 25.0 Å². The van der Waals surface area contributed by atoms with Gasteiger partial charge in [0.1, 0.15) is 5.25 Å². The maximum atomic E-state index is 11.8. The van der Waals surface area contributed by atoms with Crippen LogP contribution in [0.3, 0.4) is 0 Å². The number of tetrazole rings is 1. The highest BCUT2D eigenvalue weighted by Crippen LogP contribution is 2.33. The van der Waals surface area contributed by atoms with Crippen molar-refractivity contribution in [1.29, 1.82) is 0 Å². The van der Waals surface area contributed by atoms with Crippen LogP contribution >= 0.6 is 11.8 Å². The van der Waals surface area contributed by atoms with Crippen LogP contribution in [0.15, 0.2) is 35.5 Å². The third kappa shape index (κ3) is 3.45. The van der Waals surface area contributed by atoms with Crippen LogP contribution in [0.1, 0.15) is 23.7 Å². The number of ether oxygens (including phenoxy) is 1. The van der Waals surface area contributed by atoms with Crippen LogP contribution < -0.4 is 5.73 Å². The number of aromatic nitrogens is 4. The molecule has 0 spiro atoms. The monoisotopic (exact) mass is 319 g/mol. The molecule has 7 nitrogen and oxygen atoms in total. The average molecular weight is 319 g/mol. The maximum absolute atomic E-state index is 11.8. The van der Waals surface area contributed by atoms with E-state index in [2.05, 4.69) is 15.5 Å². The summed E-state index contributed by atoms with van der Waals surface area (Å²) >= 11 is 1.26. The number of benzene rings is 1. The number of hydrogen-bond acceptors (Lipinski definition) is 6. The molecule has 2 atom stereocenters.